The van der Waals surface area contributed by atoms with Crippen LogP contribution in [0.4, 0.5) is 0 Å². The van der Waals surface area contributed by atoms with Crippen LogP contribution in [-0.4, -0.2) is 42.6 Å². The van der Waals surface area contributed by atoms with E-state index in [1.54, 1.807) is 43.4 Å². The number of aliphatic carboxylic acids is 1. The van der Waals surface area contributed by atoms with E-state index in [1.165, 1.54) is 0 Å². The van der Waals surface area contributed by atoms with Crippen LogP contribution in [0.2, 0.25) is 0 Å². The van der Waals surface area contributed by atoms with Crippen molar-refractivity contribution in [1.82, 2.24) is 4.90 Å². The molecule has 0 aliphatic heterocycles. The van der Waals surface area contributed by atoms with E-state index in [1.807, 2.05) is 61.5 Å². The molecule has 0 saturated heterocycles. The Morgan fingerprint density at radius 3 is 2.06 bits per heavy atom. The zero-order valence-electron chi connectivity index (χ0n) is 19.7. The number of nitrogens with zero attached hydrogens (tertiary/aromatic N) is 1. The van der Waals surface area contributed by atoms with E-state index < -0.39 is 5.97 Å². The summed E-state index contributed by atoms with van der Waals surface area (Å²) < 4.78 is 10.9. The van der Waals surface area contributed by atoms with Crippen molar-refractivity contribution in [1.29, 1.82) is 0 Å². The molecular weight excluding hydrogens is 430 g/mol. The minimum absolute atomic E-state index is 0.0360. The Kier molecular flexibility index (Phi) is 8.46. The maximum Gasteiger partial charge on any atom is 0.307 e. The Morgan fingerprint density at radius 1 is 0.912 bits per heavy atom. The number of methoxy groups -OCH3 is 2. The molecule has 0 spiro atoms. The highest BCUT2D eigenvalue weighted by Gasteiger charge is 2.19. The van der Waals surface area contributed by atoms with E-state index in [2.05, 4.69) is 0 Å². The quantitative estimate of drug-likeness (QED) is 0.462. The number of hydrogen-bond donors (Lipinski definition) is 1. The first-order valence-corrected chi connectivity index (χ1v) is 10.9. The van der Waals surface area contributed by atoms with Gasteiger partial charge in [0.25, 0.3) is 5.91 Å². The van der Waals surface area contributed by atoms with Gasteiger partial charge in [-0.2, -0.15) is 0 Å². The smallest absolute Gasteiger partial charge is 0.307 e. The monoisotopic (exact) mass is 459 g/mol. The summed E-state index contributed by atoms with van der Waals surface area (Å²) in [7, 11) is 3.13. The zero-order chi connectivity index (χ0) is 24.5. The van der Waals surface area contributed by atoms with Gasteiger partial charge in [-0.3, -0.25) is 9.59 Å². The summed E-state index contributed by atoms with van der Waals surface area (Å²) in [4.78, 5) is 26.2. The first-order chi connectivity index (χ1) is 16.4. The van der Waals surface area contributed by atoms with Gasteiger partial charge in [0.1, 0.15) is 11.5 Å². The number of carbonyl (C=O) groups is 2. The lowest BCUT2D eigenvalue weighted by molar-refractivity contribution is -0.136. The summed E-state index contributed by atoms with van der Waals surface area (Å²) in [5.74, 6) is 0.128. The van der Waals surface area contributed by atoms with Crippen molar-refractivity contribution in [3.05, 3.63) is 101 Å². The Hall–Kier alpha value is -4.06. The number of benzene rings is 3. The Labute approximate surface area is 200 Å². The number of rotatable bonds is 10. The SMILES string of the molecule is COc1cc(C(=O)N(C/C=C/c2ccccc2)Cc2ccc(CC(=O)O)cc2)cc(OC)c1C. The normalized spacial score (nSPS) is 10.8. The predicted octanol–water partition coefficient (Wildman–Crippen LogP) is 5.00. The van der Waals surface area contributed by atoms with Crippen LogP contribution >= 0.6 is 0 Å². The fraction of sp³-hybridized carbons (Fsp3) is 0.214. The second-order valence-electron chi connectivity index (χ2n) is 7.89. The summed E-state index contributed by atoms with van der Waals surface area (Å²) in [6.45, 7) is 2.64. The van der Waals surface area contributed by atoms with Crippen molar-refractivity contribution < 1.29 is 24.2 Å². The largest absolute Gasteiger partial charge is 0.496 e. The molecule has 6 nitrogen and oxygen atoms in total. The van der Waals surface area contributed by atoms with Crippen LogP contribution in [-0.2, 0) is 17.8 Å². The molecule has 3 aromatic carbocycles. The van der Waals surface area contributed by atoms with Gasteiger partial charge < -0.3 is 19.5 Å². The van der Waals surface area contributed by atoms with E-state index >= 15 is 0 Å². The van der Waals surface area contributed by atoms with Gasteiger partial charge in [0.2, 0.25) is 0 Å². The fourth-order valence-corrected chi connectivity index (χ4v) is 3.65. The number of carbonyl (C=O) groups excluding carboxylic acids is 1. The third-order valence-electron chi connectivity index (χ3n) is 5.47. The zero-order valence-corrected chi connectivity index (χ0v) is 19.7. The van der Waals surface area contributed by atoms with Gasteiger partial charge in [-0.05, 0) is 35.7 Å². The highest BCUT2D eigenvalue weighted by molar-refractivity contribution is 5.95. The number of amides is 1. The van der Waals surface area contributed by atoms with Gasteiger partial charge in [0.15, 0.2) is 0 Å². The molecule has 1 amide bonds. The molecule has 3 rings (SSSR count). The fourth-order valence-electron chi connectivity index (χ4n) is 3.65. The average Bonchev–Trinajstić information content (AvgIpc) is 2.84. The number of ether oxygens (including phenoxy) is 2. The lowest BCUT2D eigenvalue weighted by Gasteiger charge is -2.23. The summed E-state index contributed by atoms with van der Waals surface area (Å²) in [5.41, 5.74) is 3.96. The van der Waals surface area contributed by atoms with Gasteiger partial charge in [-0.25, -0.2) is 0 Å². The summed E-state index contributed by atoms with van der Waals surface area (Å²) >= 11 is 0. The van der Waals surface area contributed by atoms with Crippen LogP contribution < -0.4 is 9.47 Å². The molecule has 3 aromatic rings. The van der Waals surface area contributed by atoms with Crippen molar-refractivity contribution in [2.24, 2.45) is 0 Å². The molecule has 0 aliphatic rings. The van der Waals surface area contributed by atoms with Gasteiger partial charge in [0.05, 0.1) is 20.6 Å². The molecule has 0 heterocycles. The number of carboxylic acid groups (broad SMARTS) is 1. The van der Waals surface area contributed by atoms with Crippen molar-refractivity contribution in [3.8, 4) is 11.5 Å². The number of carboxylic acids is 1. The second-order valence-corrected chi connectivity index (χ2v) is 7.89. The molecule has 0 bridgehead atoms. The van der Waals surface area contributed by atoms with Gasteiger partial charge in [-0.1, -0.05) is 66.7 Å². The third-order valence-corrected chi connectivity index (χ3v) is 5.47. The molecule has 0 atom stereocenters. The summed E-state index contributed by atoms with van der Waals surface area (Å²) in [5, 5.41) is 9.00. The molecule has 0 saturated carbocycles. The van der Waals surface area contributed by atoms with Crippen molar-refractivity contribution >= 4 is 18.0 Å². The lowest BCUT2D eigenvalue weighted by Crippen LogP contribution is -2.31. The van der Waals surface area contributed by atoms with Crippen molar-refractivity contribution in [2.75, 3.05) is 20.8 Å². The second kappa shape index (κ2) is 11.7. The molecule has 0 aromatic heterocycles. The molecule has 0 fully saturated rings. The van der Waals surface area contributed by atoms with Crippen LogP contribution in [0.25, 0.3) is 6.08 Å². The first kappa shape index (κ1) is 24.6. The Balaban J connectivity index is 1.88. The van der Waals surface area contributed by atoms with E-state index in [9.17, 15) is 9.59 Å². The highest BCUT2D eigenvalue weighted by atomic mass is 16.5. The molecule has 176 valence electrons. The lowest BCUT2D eigenvalue weighted by atomic mass is 10.1. The average molecular weight is 460 g/mol. The molecule has 0 radical (unpaired) electrons. The first-order valence-electron chi connectivity index (χ1n) is 10.9. The minimum atomic E-state index is -0.877. The Morgan fingerprint density at radius 2 is 1.50 bits per heavy atom. The standard InChI is InChI=1S/C28H29NO5/c1-20-25(33-2)17-24(18-26(20)34-3)28(32)29(15-7-10-21-8-5-4-6-9-21)19-23-13-11-22(12-14-23)16-27(30)31/h4-14,17-18H,15-16,19H2,1-3H3,(H,30,31)/b10-7+. The van der Waals surface area contributed by atoms with Crippen LogP contribution in [0, 0.1) is 6.92 Å². The molecule has 1 N–H and O–H groups in total. The maximum atomic E-state index is 13.6. The van der Waals surface area contributed by atoms with Crippen molar-refractivity contribution in [3.63, 3.8) is 0 Å². The van der Waals surface area contributed by atoms with Crippen LogP contribution in [0.15, 0.2) is 72.8 Å². The summed E-state index contributed by atoms with van der Waals surface area (Å²) in [6.07, 6.45) is 3.90. The van der Waals surface area contributed by atoms with E-state index in [0.29, 0.717) is 35.7 Å². The molecule has 0 unspecified atom stereocenters. The minimum Gasteiger partial charge on any atom is -0.496 e. The van der Waals surface area contributed by atoms with Crippen molar-refractivity contribution in [2.45, 2.75) is 19.9 Å². The predicted molar refractivity (Wildman–Crippen MR) is 132 cm³/mol. The Bertz CT molecular complexity index is 1130. The number of hydrogen-bond acceptors (Lipinski definition) is 4. The van der Waals surface area contributed by atoms with Crippen LogP contribution in [0.3, 0.4) is 0 Å². The van der Waals surface area contributed by atoms with E-state index in [-0.39, 0.29) is 12.3 Å². The van der Waals surface area contributed by atoms with E-state index in [4.69, 9.17) is 14.6 Å². The highest BCUT2D eigenvalue weighted by Crippen LogP contribution is 2.30. The van der Waals surface area contributed by atoms with Gasteiger partial charge in [0, 0.05) is 24.2 Å². The third kappa shape index (κ3) is 6.48. The molecule has 6 heteroatoms. The summed E-state index contributed by atoms with van der Waals surface area (Å²) in [6, 6.07) is 20.6. The van der Waals surface area contributed by atoms with Crippen LogP contribution in [0.1, 0.15) is 32.6 Å². The molecule has 34 heavy (non-hydrogen) atoms. The maximum absolute atomic E-state index is 13.6. The van der Waals surface area contributed by atoms with Crippen LogP contribution in [0.5, 0.6) is 11.5 Å². The molecule has 0 aliphatic carbocycles. The topological polar surface area (TPSA) is 76.1 Å². The molecular formula is C28H29NO5. The van der Waals surface area contributed by atoms with Gasteiger partial charge in [-0.15, -0.1) is 0 Å². The van der Waals surface area contributed by atoms with Gasteiger partial charge >= 0.3 is 5.97 Å². The van der Waals surface area contributed by atoms with E-state index in [0.717, 1.165) is 16.7 Å².